The average Bonchev–Trinajstić information content (AvgIpc) is 2.78. The molecule has 6 nitrogen and oxygen atoms in total. The van der Waals surface area contributed by atoms with Crippen molar-refractivity contribution < 1.29 is 4.92 Å². The average molecular weight is 297 g/mol. The molecule has 0 atom stereocenters. The number of nitro benzene ring substituents is 1. The van der Waals surface area contributed by atoms with Crippen molar-refractivity contribution >= 4 is 21.6 Å². The van der Waals surface area contributed by atoms with Gasteiger partial charge in [-0.2, -0.15) is 5.10 Å². The van der Waals surface area contributed by atoms with Crippen LogP contribution in [0.25, 0.3) is 5.69 Å². The van der Waals surface area contributed by atoms with Gasteiger partial charge in [0, 0.05) is 18.8 Å². The maximum absolute atomic E-state index is 10.8. The molecule has 1 heterocycles. The highest BCUT2D eigenvalue weighted by atomic mass is 79.9. The van der Waals surface area contributed by atoms with E-state index in [9.17, 15) is 10.1 Å². The van der Waals surface area contributed by atoms with Crippen LogP contribution in [0.1, 0.15) is 5.69 Å². The molecule has 2 N–H and O–H groups in total. The first-order valence-electron chi connectivity index (χ1n) is 4.80. The molecule has 1 aromatic carbocycles. The molecule has 2 rings (SSSR count). The summed E-state index contributed by atoms with van der Waals surface area (Å²) in [5.41, 5.74) is 6.82. The standard InChI is InChI=1S/C10H9BrN4O2/c11-9-2-1-8(5-10(9)15(16)17)14-4-3-7(6-12)13-14/h1-5H,6,12H2. The van der Waals surface area contributed by atoms with E-state index in [4.69, 9.17) is 5.73 Å². The third-order valence-electron chi connectivity index (χ3n) is 2.24. The molecule has 0 amide bonds. The van der Waals surface area contributed by atoms with E-state index in [1.165, 1.54) is 6.07 Å². The van der Waals surface area contributed by atoms with E-state index in [1.54, 1.807) is 29.1 Å². The number of hydrogen-bond donors (Lipinski definition) is 1. The molecule has 0 saturated carbocycles. The number of hydrogen-bond acceptors (Lipinski definition) is 4. The van der Waals surface area contributed by atoms with Crippen molar-refractivity contribution in [2.75, 3.05) is 0 Å². The van der Waals surface area contributed by atoms with Crippen molar-refractivity contribution in [2.24, 2.45) is 5.73 Å². The molecule has 0 aliphatic rings. The highest BCUT2D eigenvalue weighted by molar-refractivity contribution is 9.10. The fraction of sp³-hybridized carbons (Fsp3) is 0.100. The van der Waals surface area contributed by atoms with Gasteiger partial charge in [0.15, 0.2) is 0 Å². The molecule has 17 heavy (non-hydrogen) atoms. The summed E-state index contributed by atoms with van der Waals surface area (Å²) in [6, 6.07) is 6.59. The summed E-state index contributed by atoms with van der Waals surface area (Å²) < 4.78 is 2.00. The van der Waals surface area contributed by atoms with Gasteiger partial charge in [-0.1, -0.05) is 0 Å². The number of aromatic nitrogens is 2. The number of nitrogens with two attached hydrogens (primary N) is 1. The number of halogens is 1. The van der Waals surface area contributed by atoms with Gasteiger partial charge in [0.05, 0.1) is 20.8 Å². The Morgan fingerprint density at radius 3 is 2.82 bits per heavy atom. The van der Waals surface area contributed by atoms with Crippen molar-refractivity contribution in [3.63, 3.8) is 0 Å². The van der Waals surface area contributed by atoms with Gasteiger partial charge < -0.3 is 5.73 Å². The predicted molar refractivity (Wildman–Crippen MR) is 65.8 cm³/mol. The van der Waals surface area contributed by atoms with Crippen LogP contribution in [-0.2, 0) is 6.54 Å². The molecule has 0 spiro atoms. The molecule has 1 aromatic heterocycles. The molecular formula is C10H9BrN4O2. The van der Waals surface area contributed by atoms with Crippen LogP contribution in [0.3, 0.4) is 0 Å². The van der Waals surface area contributed by atoms with Crippen LogP contribution in [0.15, 0.2) is 34.9 Å². The number of rotatable bonds is 3. The molecule has 0 aliphatic heterocycles. The molecule has 0 aliphatic carbocycles. The lowest BCUT2D eigenvalue weighted by Gasteiger charge is -2.02. The smallest absolute Gasteiger partial charge is 0.285 e. The van der Waals surface area contributed by atoms with E-state index < -0.39 is 4.92 Å². The van der Waals surface area contributed by atoms with Crippen LogP contribution >= 0.6 is 15.9 Å². The molecule has 0 saturated heterocycles. The topological polar surface area (TPSA) is 87.0 Å². The number of benzene rings is 1. The summed E-state index contributed by atoms with van der Waals surface area (Å²) in [4.78, 5) is 10.3. The van der Waals surface area contributed by atoms with Crippen LogP contribution in [0.2, 0.25) is 0 Å². The zero-order valence-corrected chi connectivity index (χ0v) is 10.3. The second-order valence-corrected chi connectivity index (χ2v) is 4.20. The molecule has 2 aromatic rings. The summed E-state index contributed by atoms with van der Waals surface area (Å²) in [5, 5.41) is 15.0. The van der Waals surface area contributed by atoms with Crippen molar-refractivity contribution in [1.82, 2.24) is 9.78 Å². The fourth-order valence-corrected chi connectivity index (χ4v) is 1.79. The first-order chi connectivity index (χ1) is 8.11. The van der Waals surface area contributed by atoms with Gasteiger partial charge >= 0.3 is 0 Å². The van der Waals surface area contributed by atoms with Gasteiger partial charge in [0.1, 0.15) is 0 Å². The third-order valence-corrected chi connectivity index (χ3v) is 2.91. The first-order valence-corrected chi connectivity index (χ1v) is 5.60. The minimum Gasteiger partial charge on any atom is -0.325 e. The Bertz CT molecular complexity index is 567. The fourth-order valence-electron chi connectivity index (χ4n) is 1.40. The SMILES string of the molecule is NCc1ccn(-c2ccc(Br)c([N+](=O)[O-])c2)n1. The first kappa shape index (κ1) is 11.7. The largest absolute Gasteiger partial charge is 0.325 e. The Kier molecular flexibility index (Phi) is 3.21. The molecule has 0 unspecified atom stereocenters. The Hall–Kier alpha value is -1.73. The van der Waals surface area contributed by atoms with Crippen molar-refractivity contribution in [3.05, 3.63) is 50.7 Å². The van der Waals surface area contributed by atoms with E-state index in [0.717, 1.165) is 5.69 Å². The zero-order valence-electron chi connectivity index (χ0n) is 8.71. The molecular weight excluding hydrogens is 288 g/mol. The number of nitro groups is 1. The van der Waals surface area contributed by atoms with Crippen molar-refractivity contribution in [2.45, 2.75) is 6.54 Å². The maximum atomic E-state index is 10.8. The highest BCUT2D eigenvalue weighted by Crippen LogP contribution is 2.26. The van der Waals surface area contributed by atoms with Gasteiger partial charge in [0.2, 0.25) is 0 Å². The van der Waals surface area contributed by atoms with Gasteiger partial charge in [-0.3, -0.25) is 10.1 Å². The van der Waals surface area contributed by atoms with Crippen molar-refractivity contribution in [1.29, 1.82) is 0 Å². The molecule has 0 fully saturated rings. The summed E-state index contributed by atoms with van der Waals surface area (Å²) in [6.45, 7) is 0.339. The summed E-state index contributed by atoms with van der Waals surface area (Å²) in [7, 11) is 0. The van der Waals surface area contributed by atoms with E-state index in [2.05, 4.69) is 21.0 Å². The Morgan fingerprint density at radius 1 is 1.47 bits per heavy atom. The quantitative estimate of drug-likeness (QED) is 0.693. The second-order valence-electron chi connectivity index (χ2n) is 3.35. The van der Waals surface area contributed by atoms with Crippen LogP contribution in [0.5, 0.6) is 0 Å². The minimum absolute atomic E-state index is 0.00676. The third kappa shape index (κ3) is 2.34. The lowest BCUT2D eigenvalue weighted by Crippen LogP contribution is -2.01. The molecule has 0 radical (unpaired) electrons. The van der Waals surface area contributed by atoms with Crippen LogP contribution in [0.4, 0.5) is 5.69 Å². The van der Waals surface area contributed by atoms with Gasteiger partial charge in [0.25, 0.3) is 5.69 Å². The van der Waals surface area contributed by atoms with Crippen LogP contribution in [0, 0.1) is 10.1 Å². The zero-order chi connectivity index (χ0) is 12.4. The van der Waals surface area contributed by atoms with Crippen LogP contribution < -0.4 is 5.73 Å². The maximum Gasteiger partial charge on any atom is 0.285 e. The van der Waals surface area contributed by atoms with Gasteiger partial charge in [-0.05, 0) is 34.1 Å². The monoisotopic (exact) mass is 296 g/mol. The number of nitrogens with zero attached hydrogens (tertiary/aromatic N) is 3. The summed E-state index contributed by atoms with van der Waals surface area (Å²) in [5.74, 6) is 0. The molecule has 7 heteroatoms. The van der Waals surface area contributed by atoms with E-state index in [-0.39, 0.29) is 5.69 Å². The van der Waals surface area contributed by atoms with Crippen LogP contribution in [-0.4, -0.2) is 14.7 Å². The normalized spacial score (nSPS) is 10.5. The van der Waals surface area contributed by atoms with E-state index >= 15 is 0 Å². The minimum atomic E-state index is -0.444. The highest BCUT2D eigenvalue weighted by Gasteiger charge is 2.13. The van der Waals surface area contributed by atoms with Gasteiger partial charge in [-0.15, -0.1) is 0 Å². The van der Waals surface area contributed by atoms with Gasteiger partial charge in [-0.25, -0.2) is 4.68 Å². The Labute approximate surface area is 105 Å². The van der Waals surface area contributed by atoms with Crippen molar-refractivity contribution in [3.8, 4) is 5.69 Å². The molecule has 0 bridgehead atoms. The lowest BCUT2D eigenvalue weighted by atomic mass is 10.3. The van der Waals surface area contributed by atoms with E-state index in [0.29, 0.717) is 16.7 Å². The Morgan fingerprint density at radius 2 is 2.24 bits per heavy atom. The predicted octanol–water partition coefficient (Wildman–Crippen LogP) is 2.00. The van der Waals surface area contributed by atoms with E-state index in [1.807, 2.05) is 0 Å². The molecule has 88 valence electrons. The summed E-state index contributed by atoms with van der Waals surface area (Å²) >= 11 is 3.13. The second kappa shape index (κ2) is 4.64. The lowest BCUT2D eigenvalue weighted by molar-refractivity contribution is -0.385. The Balaban J connectivity index is 2.46. The summed E-state index contributed by atoms with van der Waals surface area (Å²) in [6.07, 6.45) is 1.72.